The number of fused-ring (bicyclic) bond motifs is 1. The Bertz CT molecular complexity index is 713. The number of imide groups is 1. The lowest BCUT2D eigenvalue weighted by atomic mass is 10.1. The van der Waals surface area contributed by atoms with E-state index in [1.54, 1.807) is 24.3 Å². The Labute approximate surface area is 140 Å². The van der Waals surface area contributed by atoms with E-state index >= 15 is 0 Å². The third-order valence-electron chi connectivity index (χ3n) is 4.19. The van der Waals surface area contributed by atoms with Crippen LogP contribution >= 0.6 is 0 Å². The predicted octanol–water partition coefficient (Wildman–Crippen LogP) is 2.75. The van der Waals surface area contributed by atoms with Crippen molar-refractivity contribution in [3.05, 3.63) is 71.3 Å². The van der Waals surface area contributed by atoms with Gasteiger partial charge in [-0.3, -0.25) is 19.4 Å². The van der Waals surface area contributed by atoms with E-state index in [0.29, 0.717) is 17.7 Å². The van der Waals surface area contributed by atoms with E-state index in [4.69, 9.17) is 0 Å². The van der Waals surface area contributed by atoms with Crippen molar-refractivity contribution in [3.8, 4) is 0 Å². The van der Waals surface area contributed by atoms with E-state index < -0.39 is 24.5 Å². The fourth-order valence-corrected chi connectivity index (χ4v) is 3.06. The lowest BCUT2D eigenvalue weighted by Gasteiger charge is -2.28. The van der Waals surface area contributed by atoms with Crippen molar-refractivity contribution in [2.45, 2.75) is 12.6 Å². The van der Waals surface area contributed by atoms with Crippen LogP contribution in [0, 0.1) is 0 Å². The first kappa shape index (κ1) is 16.3. The number of benzene rings is 2. The summed E-state index contributed by atoms with van der Waals surface area (Å²) >= 11 is 0. The summed E-state index contributed by atoms with van der Waals surface area (Å²) in [6, 6.07) is 15.7. The second-order valence-corrected chi connectivity index (χ2v) is 6.02. The zero-order chi connectivity index (χ0) is 17.1. The highest BCUT2D eigenvalue weighted by Gasteiger charge is 2.40. The summed E-state index contributed by atoms with van der Waals surface area (Å²) in [6.07, 6.45) is 0. The van der Waals surface area contributed by atoms with Gasteiger partial charge >= 0.3 is 0 Å². The fourth-order valence-electron chi connectivity index (χ4n) is 3.06. The molecule has 1 unspecified atom stereocenters. The fraction of sp³-hybridized carbons (Fsp3) is 0.263. The molecule has 0 saturated heterocycles. The summed E-state index contributed by atoms with van der Waals surface area (Å²) in [7, 11) is 1.85. The maximum Gasteiger partial charge on any atom is 0.261 e. The van der Waals surface area contributed by atoms with Gasteiger partial charge in [0, 0.05) is 13.1 Å². The Kier molecular flexibility index (Phi) is 4.71. The molecule has 1 atom stereocenters. The van der Waals surface area contributed by atoms with Gasteiger partial charge in [0.15, 0.2) is 0 Å². The van der Waals surface area contributed by atoms with Gasteiger partial charge < -0.3 is 0 Å². The van der Waals surface area contributed by atoms with Gasteiger partial charge in [-0.25, -0.2) is 4.39 Å². The van der Waals surface area contributed by atoms with Crippen molar-refractivity contribution >= 4 is 11.8 Å². The van der Waals surface area contributed by atoms with E-state index in [2.05, 4.69) is 0 Å². The Morgan fingerprint density at radius 2 is 1.50 bits per heavy atom. The minimum Gasteiger partial charge on any atom is -0.300 e. The summed E-state index contributed by atoms with van der Waals surface area (Å²) < 4.78 is 13.6. The standard InChI is InChI=1S/C19H19FN2O2/c1-21(12-14-7-3-2-4-8-14)13-15(11-20)22-18(23)16-9-5-6-10-17(16)19(22)24/h2-10,15H,11-13H2,1H3. The number of carbonyl (C=O) groups excluding carboxylic acids is 2. The molecule has 124 valence electrons. The number of carbonyl (C=O) groups is 2. The molecule has 0 spiro atoms. The van der Waals surface area contributed by atoms with Crippen molar-refractivity contribution in [3.63, 3.8) is 0 Å². The van der Waals surface area contributed by atoms with Crippen LogP contribution < -0.4 is 0 Å². The van der Waals surface area contributed by atoms with E-state index in [9.17, 15) is 14.0 Å². The SMILES string of the molecule is CN(Cc1ccccc1)CC(CF)N1C(=O)c2ccccc2C1=O. The van der Waals surface area contributed by atoms with Crippen LogP contribution in [0.3, 0.4) is 0 Å². The number of halogens is 1. The van der Waals surface area contributed by atoms with Gasteiger partial charge in [-0.05, 0) is 24.7 Å². The molecule has 1 aliphatic heterocycles. The number of alkyl halides is 1. The summed E-state index contributed by atoms with van der Waals surface area (Å²) in [5.74, 6) is -0.822. The quantitative estimate of drug-likeness (QED) is 0.767. The second kappa shape index (κ2) is 6.93. The average molecular weight is 326 g/mol. The Hall–Kier alpha value is -2.53. The average Bonchev–Trinajstić information content (AvgIpc) is 2.85. The molecule has 3 rings (SSSR count). The molecule has 0 N–H and O–H groups in total. The highest BCUT2D eigenvalue weighted by atomic mass is 19.1. The molecule has 2 amide bonds. The van der Waals surface area contributed by atoms with E-state index in [0.717, 1.165) is 10.5 Å². The van der Waals surface area contributed by atoms with Gasteiger partial charge in [-0.1, -0.05) is 42.5 Å². The molecule has 1 heterocycles. The molecule has 2 aromatic carbocycles. The lowest BCUT2D eigenvalue weighted by molar-refractivity contribution is 0.0520. The third kappa shape index (κ3) is 3.08. The van der Waals surface area contributed by atoms with Crippen molar-refractivity contribution in [1.82, 2.24) is 9.80 Å². The number of hydrogen-bond donors (Lipinski definition) is 0. The smallest absolute Gasteiger partial charge is 0.261 e. The summed E-state index contributed by atoms with van der Waals surface area (Å²) in [6.45, 7) is 0.155. The van der Waals surface area contributed by atoms with Crippen LogP contribution in [0.15, 0.2) is 54.6 Å². The molecule has 2 aromatic rings. The summed E-state index contributed by atoms with van der Waals surface area (Å²) in [5.41, 5.74) is 1.80. The Morgan fingerprint density at radius 1 is 0.958 bits per heavy atom. The minimum atomic E-state index is -0.786. The molecule has 0 radical (unpaired) electrons. The number of amides is 2. The number of hydrogen-bond acceptors (Lipinski definition) is 3. The normalized spacial score (nSPS) is 15.0. The molecular weight excluding hydrogens is 307 g/mol. The van der Waals surface area contributed by atoms with Gasteiger partial charge in [-0.2, -0.15) is 0 Å². The lowest BCUT2D eigenvalue weighted by Crippen LogP contribution is -2.47. The summed E-state index contributed by atoms with van der Waals surface area (Å²) in [4.78, 5) is 27.9. The topological polar surface area (TPSA) is 40.6 Å². The van der Waals surface area contributed by atoms with E-state index in [1.165, 1.54) is 0 Å². The van der Waals surface area contributed by atoms with Gasteiger partial charge in [-0.15, -0.1) is 0 Å². The highest BCUT2D eigenvalue weighted by molar-refractivity contribution is 6.21. The second-order valence-electron chi connectivity index (χ2n) is 6.02. The first-order valence-electron chi connectivity index (χ1n) is 7.87. The molecule has 0 aromatic heterocycles. The van der Waals surface area contributed by atoms with Crippen LogP contribution in [0.2, 0.25) is 0 Å². The summed E-state index contributed by atoms with van der Waals surface area (Å²) in [5, 5.41) is 0. The molecule has 5 heteroatoms. The number of rotatable bonds is 6. The predicted molar refractivity (Wildman–Crippen MR) is 89.5 cm³/mol. The van der Waals surface area contributed by atoms with E-state index in [1.807, 2.05) is 42.3 Å². The first-order valence-corrected chi connectivity index (χ1v) is 7.87. The zero-order valence-electron chi connectivity index (χ0n) is 13.5. The Balaban J connectivity index is 1.73. The van der Waals surface area contributed by atoms with Crippen LogP contribution in [-0.4, -0.2) is 47.9 Å². The van der Waals surface area contributed by atoms with Crippen molar-refractivity contribution in [1.29, 1.82) is 0 Å². The highest BCUT2D eigenvalue weighted by Crippen LogP contribution is 2.25. The van der Waals surface area contributed by atoms with Gasteiger partial charge in [0.25, 0.3) is 11.8 Å². The van der Waals surface area contributed by atoms with Crippen LogP contribution in [0.4, 0.5) is 4.39 Å². The maximum absolute atomic E-state index is 13.6. The molecule has 0 bridgehead atoms. The number of likely N-dealkylation sites (N-methyl/N-ethyl adjacent to an activating group) is 1. The molecule has 1 aliphatic rings. The molecule has 0 aliphatic carbocycles. The van der Waals surface area contributed by atoms with E-state index in [-0.39, 0.29) is 6.54 Å². The molecule has 4 nitrogen and oxygen atoms in total. The van der Waals surface area contributed by atoms with Gasteiger partial charge in [0.1, 0.15) is 6.67 Å². The van der Waals surface area contributed by atoms with Crippen LogP contribution in [-0.2, 0) is 6.54 Å². The number of nitrogens with zero attached hydrogens (tertiary/aromatic N) is 2. The molecule has 0 fully saturated rings. The Morgan fingerprint density at radius 3 is 2.04 bits per heavy atom. The maximum atomic E-state index is 13.6. The largest absolute Gasteiger partial charge is 0.300 e. The van der Waals surface area contributed by atoms with Crippen molar-refractivity contribution in [2.75, 3.05) is 20.3 Å². The van der Waals surface area contributed by atoms with Crippen molar-refractivity contribution in [2.24, 2.45) is 0 Å². The van der Waals surface area contributed by atoms with Crippen LogP contribution in [0.5, 0.6) is 0 Å². The molecule has 0 saturated carbocycles. The van der Waals surface area contributed by atoms with Crippen molar-refractivity contribution < 1.29 is 14.0 Å². The van der Waals surface area contributed by atoms with Crippen LogP contribution in [0.1, 0.15) is 26.3 Å². The monoisotopic (exact) mass is 326 g/mol. The zero-order valence-corrected chi connectivity index (χ0v) is 13.5. The van der Waals surface area contributed by atoms with Crippen LogP contribution in [0.25, 0.3) is 0 Å². The molecule has 24 heavy (non-hydrogen) atoms. The van der Waals surface area contributed by atoms with Gasteiger partial charge in [0.05, 0.1) is 17.2 Å². The minimum absolute atomic E-state index is 0.289. The first-order chi connectivity index (χ1) is 11.6. The van der Waals surface area contributed by atoms with Gasteiger partial charge in [0.2, 0.25) is 0 Å². The third-order valence-corrected chi connectivity index (χ3v) is 4.19. The molecular formula is C19H19FN2O2.